The minimum absolute atomic E-state index is 0.369. The molecule has 1 saturated heterocycles. The summed E-state index contributed by atoms with van der Waals surface area (Å²) in [6, 6.07) is 4.51. The van der Waals surface area contributed by atoms with E-state index < -0.39 is 0 Å². The van der Waals surface area contributed by atoms with Crippen molar-refractivity contribution in [2.75, 3.05) is 23.7 Å². The quantitative estimate of drug-likeness (QED) is 0.745. The second-order valence-electron chi connectivity index (χ2n) is 7.89. The van der Waals surface area contributed by atoms with Crippen LogP contribution in [0.1, 0.15) is 49.2 Å². The van der Waals surface area contributed by atoms with Gasteiger partial charge in [-0.3, -0.25) is 0 Å². The Labute approximate surface area is 162 Å². The topological polar surface area (TPSA) is 85.2 Å². The average molecular weight is 384 g/mol. The minimum Gasteiger partial charge on any atom is -0.366 e. The molecule has 0 amide bonds. The lowest BCUT2D eigenvalue weighted by Crippen LogP contribution is -2.41. The molecule has 2 fully saturated rings. The number of rotatable bonds is 4. The molecule has 2 aliphatic rings. The molecule has 8 heteroatoms. The van der Waals surface area contributed by atoms with Crippen LogP contribution in [0.2, 0.25) is 0 Å². The first-order valence-corrected chi connectivity index (χ1v) is 10.6. The number of piperidine rings is 1. The fourth-order valence-corrected chi connectivity index (χ4v) is 5.75. The Balaban J connectivity index is 1.50. The zero-order valence-electron chi connectivity index (χ0n) is 15.8. The van der Waals surface area contributed by atoms with Crippen molar-refractivity contribution < 1.29 is 0 Å². The second-order valence-corrected chi connectivity index (χ2v) is 8.62. The lowest BCUT2D eigenvalue weighted by molar-refractivity contribution is 0.357. The van der Waals surface area contributed by atoms with Crippen LogP contribution in [0.15, 0.2) is 12.1 Å². The lowest BCUT2D eigenvalue weighted by atomic mass is 9.80. The van der Waals surface area contributed by atoms with Crippen molar-refractivity contribution in [1.82, 2.24) is 24.0 Å². The van der Waals surface area contributed by atoms with Gasteiger partial charge in [-0.2, -0.15) is 9.36 Å². The van der Waals surface area contributed by atoms with Gasteiger partial charge in [0.25, 0.3) is 0 Å². The van der Waals surface area contributed by atoms with Crippen LogP contribution in [0.5, 0.6) is 0 Å². The van der Waals surface area contributed by atoms with Crippen LogP contribution in [0.4, 0.5) is 11.1 Å². The summed E-state index contributed by atoms with van der Waals surface area (Å²) in [7, 11) is 0. The molecule has 142 valence electrons. The number of nitrogens with two attached hydrogens (primary N) is 1. The molecule has 7 nitrogen and oxygen atoms in total. The van der Waals surface area contributed by atoms with Gasteiger partial charge in [0.05, 0.1) is 0 Å². The highest BCUT2D eigenvalue weighted by Gasteiger charge is 2.44. The Hall–Kier alpha value is -2.22. The van der Waals surface area contributed by atoms with Gasteiger partial charge in [0.2, 0.25) is 11.1 Å². The van der Waals surface area contributed by atoms with Gasteiger partial charge in [0.15, 0.2) is 5.65 Å². The van der Waals surface area contributed by atoms with Gasteiger partial charge < -0.3 is 10.6 Å². The number of hydrogen-bond acceptors (Lipinski definition) is 7. The molecule has 2 atom stereocenters. The molecule has 4 heterocycles. The zero-order chi connectivity index (χ0) is 18.5. The average Bonchev–Trinajstić information content (AvgIpc) is 3.31. The molecule has 0 spiro atoms. The van der Waals surface area contributed by atoms with Gasteiger partial charge >= 0.3 is 0 Å². The van der Waals surface area contributed by atoms with Gasteiger partial charge in [0.1, 0.15) is 5.82 Å². The van der Waals surface area contributed by atoms with E-state index in [0.717, 1.165) is 42.5 Å². The molecule has 2 N–H and O–H groups in total. The summed E-state index contributed by atoms with van der Waals surface area (Å²) in [6.07, 6.45) is 4.59. The van der Waals surface area contributed by atoms with Crippen LogP contribution in [0.25, 0.3) is 5.65 Å². The molecule has 1 aliphatic heterocycles. The summed E-state index contributed by atoms with van der Waals surface area (Å²) in [6.45, 7) is 6.24. The monoisotopic (exact) mass is 383 g/mol. The summed E-state index contributed by atoms with van der Waals surface area (Å²) < 4.78 is 6.34. The number of nitrogen functional groups attached to an aromatic ring is 1. The van der Waals surface area contributed by atoms with E-state index in [1.807, 2.05) is 11.4 Å². The maximum Gasteiger partial charge on any atom is 0.240 e. The molecule has 2 bridgehead atoms. The highest BCUT2D eigenvalue weighted by Crippen LogP contribution is 2.49. The summed E-state index contributed by atoms with van der Waals surface area (Å²) in [4.78, 5) is 11.6. The first-order chi connectivity index (χ1) is 13.1. The number of pyridine rings is 1. The van der Waals surface area contributed by atoms with E-state index in [-0.39, 0.29) is 0 Å². The number of nitrogens with zero attached hydrogens (tertiary/aromatic N) is 6. The van der Waals surface area contributed by atoms with Crippen molar-refractivity contribution in [3.8, 4) is 0 Å². The summed E-state index contributed by atoms with van der Waals surface area (Å²) in [5.41, 5.74) is 9.44. The van der Waals surface area contributed by atoms with E-state index in [4.69, 9.17) is 5.73 Å². The SMILES string of the molecule is CCCc1ccc(C2C3CCC2CN(c2nc(C)ns2)C3)c2nc(N)nn12. The summed E-state index contributed by atoms with van der Waals surface area (Å²) in [5.74, 6) is 3.00. The zero-order valence-corrected chi connectivity index (χ0v) is 16.6. The minimum atomic E-state index is 0.369. The highest BCUT2D eigenvalue weighted by atomic mass is 32.1. The van der Waals surface area contributed by atoms with Crippen LogP contribution in [-0.4, -0.2) is 37.0 Å². The van der Waals surface area contributed by atoms with E-state index in [1.165, 1.54) is 35.6 Å². The molecule has 3 aromatic rings. The number of aromatic nitrogens is 5. The Morgan fingerprint density at radius 2 is 1.96 bits per heavy atom. The summed E-state index contributed by atoms with van der Waals surface area (Å²) in [5, 5.41) is 5.55. The van der Waals surface area contributed by atoms with Crippen LogP contribution in [-0.2, 0) is 6.42 Å². The number of hydrogen-bond donors (Lipinski definition) is 1. The number of anilines is 2. The maximum absolute atomic E-state index is 5.97. The van der Waals surface area contributed by atoms with Gasteiger partial charge in [-0.1, -0.05) is 19.4 Å². The van der Waals surface area contributed by atoms with E-state index >= 15 is 0 Å². The fraction of sp³-hybridized carbons (Fsp3) is 0.579. The Bertz CT molecular complexity index is 964. The summed E-state index contributed by atoms with van der Waals surface area (Å²) >= 11 is 1.52. The van der Waals surface area contributed by atoms with Crippen molar-refractivity contribution in [3.05, 3.63) is 29.2 Å². The molecule has 0 radical (unpaired) electrons. The van der Waals surface area contributed by atoms with Crippen LogP contribution in [0.3, 0.4) is 0 Å². The lowest BCUT2D eigenvalue weighted by Gasteiger charge is -2.38. The molecule has 1 aliphatic carbocycles. The predicted molar refractivity (Wildman–Crippen MR) is 107 cm³/mol. The van der Waals surface area contributed by atoms with E-state index in [0.29, 0.717) is 23.7 Å². The smallest absolute Gasteiger partial charge is 0.240 e. The largest absolute Gasteiger partial charge is 0.366 e. The molecule has 27 heavy (non-hydrogen) atoms. The fourth-order valence-electron chi connectivity index (χ4n) is 5.05. The van der Waals surface area contributed by atoms with Crippen molar-refractivity contribution in [1.29, 1.82) is 0 Å². The third-order valence-corrected chi connectivity index (χ3v) is 6.96. The highest BCUT2D eigenvalue weighted by molar-refractivity contribution is 7.09. The van der Waals surface area contributed by atoms with Gasteiger partial charge in [-0.15, -0.1) is 5.10 Å². The molecule has 5 rings (SSSR count). The third-order valence-electron chi connectivity index (χ3n) is 6.10. The van der Waals surface area contributed by atoms with Crippen LogP contribution in [0, 0.1) is 18.8 Å². The Morgan fingerprint density at radius 1 is 1.19 bits per heavy atom. The van der Waals surface area contributed by atoms with Crippen LogP contribution < -0.4 is 10.6 Å². The van der Waals surface area contributed by atoms with Crippen molar-refractivity contribution >= 4 is 28.3 Å². The van der Waals surface area contributed by atoms with Gasteiger partial charge in [-0.05, 0) is 50.0 Å². The Kier molecular flexibility index (Phi) is 4.03. The van der Waals surface area contributed by atoms with Gasteiger partial charge in [-0.25, -0.2) is 9.50 Å². The van der Waals surface area contributed by atoms with Crippen molar-refractivity contribution in [2.24, 2.45) is 11.8 Å². The third kappa shape index (κ3) is 2.77. The number of fused-ring (bicyclic) bond motifs is 3. The van der Waals surface area contributed by atoms with E-state index in [2.05, 4.69) is 43.4 Å². The molecular weight excluding hydrogens is 358 g/mol. The van der Waals surface area contributed by atoms with Crippen molar-refractivity contribution in [2.45, 2.75) is 45.4 Å². The molecule has 1 saturated carbocycles. The molecular formula is C19H25N7S. The van der Waals surface area contributed by atoms with E-state index in [1.54, 1.807) is 0 Å². The normalized spacial score (nSPS) is 24.8. The standard InChI is InChI=1S/C19H25N7S/c1-3-4-14-7-8-15(17-22-18(20)23-26(14)17)16-12-5-6-13(16)10-25(9-12)19-21-11(2)24-27-19/h7-8,12-13,16H,3-6,9-10H2,1-2H3,(H2,20,23). The van der Waals surface area contributed by atoms with Gasteiger partial charge in [0, 0.05) is 35.9 Å². The Morgan fingerprint density at radius 3 is 2.63 bits per heavy atom. The first kappa shape index (κ1) is 16.9. The van der Waals surface area contributed by atoms with Crippen LogP contribution >= 0.6 is 11.5 Å². The maximum atomic E-state index is 5.97. The molecule has 2 unspecified atom stereocenters. The predicted octanol–water partition coefficient (Wildman–Crippen LogP) is 3.05. The second kappa shape index (κ2) is 6.44. The molecule has 0 aromatic carbocycles. The van der Waals surface area contributed by atoms with Crippen molar-refractivity contribution in [3.63, 3.8) is 0 Å². The first-order valence-electron chi connectivity index (χ1n) is 9.83. The number of aryl methyl sites for hydroxylation is 2. The molecule has 3 aromatic heterocycles. The van der Waals surface area contributed by atoms with E-state index in [9.17, 15) is 0 Å².